The van der Waals surface area contributed by atoms with Crippen molar-refractivity contribution in [2.24, 2.45) is 5.92 Å². The highest BCUT2D eigenvalue weighted by Crippen LogP contribution is 2.24. The third kappa shape index (κ3) is 10.2. The van der Waals surface area contributed by atoms with Crippen molar-refractivity contribution in [3.05, 3.63) is 42.0 Å². The van der Waals surface area contributed by atoms with Crippen LogP contribution in [0.2, 0.25) is 0 Å². The second-order valence-corrected chi connectivity index (χ2v) is 8.86. The Kier molecular flexibility index (Phi) is 9.56. The molecule has 0 radical (unpaired) electrons. The molecule has 1 aliphatic rings. The number of carbonyl (C=O) groups is 3. The molecule has 7 heteroatoms. The number of benzene rings is 1. The highest BCUT2D eigenvalue weighted by Gasteiger charge is 2.16. The molecule has 7 nitrogen and oxygen atoms in total. The van der Waals surface area contributed by atoms with E-state index >= 15 is 0 Å². The van der Waals surface area contributed by atoms with E-state index in [-0.39, 0.29) is 24.8 Å². The number of anilines is 1. The summed E-state index contributed by atoms with van der Waals surface area (Å²) in [6.07, 6.45) is 9.26. The van der Waals surface area contributed by atoms with Crippen LogP contribution in [0.5, 0.6) is 0 Å². The van der Waals surface area contributed by atoms with Gasteiger partial charge >= 0.3 is 6.09 Å². The number of alkyl carbamates (subject to hydrolysis) is 1. The van der Waals surface area contributed by atoms with Gasteiger partial charge in [0.2, 0.25) is 11.8 Å². The van der Waals surface area contributed by atoms with Gasteiger partial charge in [0.25, 0.3) is 0 Å². The molecule has 3 N–H and O–H groups in total. The van der Waals surface area contributed by atoms with Gasteiger partial charge in [-0.25, -0.2) is 4.79 Å². The topological polar surface area (TPSA) is 96.5 Å². The Labute approximate surface area is 185 Å². The Morgan fingerprint density at radius 1 is 1.06 bits per heavy atom. The first-order valence-electron chi connectivity index (χ1n) is 11.0. The maximum Gasteiger partial charge on any atom is 0.407 e. The maximum atomic E-state index is 12.2. The van der Waals surface area contributed by atoms with Crippen LogP contribution in [-0.4, -0.2) is 30.1 Å². The van der Waals surface area contributed by atoms with Gasteiger partial charge < -0.3 is 20.7 Å². The smallest absolute Gasteiger partial charge is 0.407 e. The van der Waals surface area contributed by atoms with Crippen LogP contribution in [0.25, 0.3) is 0 Å². The van der Waals surface area contributed by atoms with Gasteiger partial charge in [0, 0.05) is 25.2 Å². The van der Waals surface area contributed by atoms with Crippen LogP contribution in [0.1, 0.15) is 64.9 Å². The Morgan fingerprint density at radius 3 is 2.48 bits per heavy atom. The summed E-state index contributed by atoms with van der Waals surface area (Å²) in [5.41, 5.74) is 0.873. The minimum Gasteiger partial charge on any atom is -0.444 e. The zero-order valence-electron chi connectivity index (χ0n) is 18.8. The lowest BCUT2D eigenvalue weighted by Crippen LogP contribution is -2.34. The van der Waals surface area contributed by atoms with Gasteiger partial charge in [-0.15, -0.1) is 0 Å². The quantitative estimate of drug-likeness (QED) is 0.537. The number of carbonyl (C=O) groups excluding carboxylic acids is 3. The first kappa shape index (κ1) is 24.4. The van der Waals surface area contributed by atoms with Gasteiger partial charge in [0.15, 0.2) is 0 Å². The van der Waals surface area contributed by atoms with E-state index in [1.54, 1.807) is 32.9 Å². The largest absolute Gasteiger partial charge is 0.444 e. The predicted molar refractivity (Wildman–Crippen MR) is 121 cm³/mol. The highest BCUT2D eigenvalue weighted by atomic mass is 16.6. The lowest BCUT2D eigenvalue weighted by molar-refractivity contribution is -0.117. The van der Waals surface area contributed by atoms with Crippen LogP contribution < -0.4 is 16.0 Å². The van der Waals surface area contributed by atoms with Gasteiger partial charge in [-0.1, -0.05) is 43.5 Å². The third-order valence-electron chi connectivity index (χ3n) is 4.93. The summed E-state index contributed by atoms with van der Waals surface area (Å²) in [5.74, 6) is 0.139. The number of rotatable bonds is 8. The number of amides is 3. The molecule has 0 saturated heterocycles. The number of nitrogens with one attached hydrogen (secondary N) is 3. The van der Waals surface area contributed by atoms with E-state index in [4.69, 9.17) is 4.74 Å². The third-order valence-corrected chi connectivity index (χ3v) is 4.93. The molecule has 0 atom stereocenters. The Morgan fingerprint density at radius 2 is 1.77 bits per heavy atom. The molecule has 0 heterocycles. The van der Waals surface area contributed by atoms with E-state index in [1.807, 2.05) is 24.3 Å². The maximum absolute atomic E-state index is 12.2. The van der Waals surface area contributed by atoms with Crippen molar-refractivity contribution in [2.45, 2.75) is 71.4 Å². The number of hydrogen-bond acceptors (Lipinski definition) is 4. The molecule has 0 spiro atoms. The molecule has 0 unspecified atom stereocenters. The molecule has 0 aliphatic heterocycles. The highest BCUT2D eigenvalue weighted by molar-refractivity contribution is 5.92. The van der Waals surface area contributed by atoms with Crippen molar-refractivity contribution in [3.63, 3.8) is 0 Å². The fraction of sp³-hybridized carbons (Fsp3) is 0.542. The molecular formula is C24H35N3O4. The number of para-hydroxylation sites is 1. The first-order chi connectivity index (χ1) is 14.7. The molecule has 1 saturated carbocycles. The van der Waals surface area contributed by atoms with Crippen LogP contribution in [0.3, 0.4) is 0 Å². The molecule has 1 aromatic rings. The van der Waals surface area contributed by atoms with Gasteiger partial charge in [-0.2, -0.15) is 0 Å². The fourth-order valence-corrected chi connectivity index (χ4v) is 3.39. The predicted octanol–water partition coefficient (Wildman–Crippen LogP) is 4.29. The zero-order chi connectivity index (χ0) is 22.7. The van der Waals surface area contributed by atoms with Crippen LogP contribution in [0, 0.1) is 5.92 Å². The van der Waals surface area contributed by atoms with E-state index in [0.717, 1.165) is 18.4 Å². The van der Waals surface area contributed by atoms with E-state index < -0.39 is 11.7 Å². The molecule has 2 rings (SSSR count). The number of allylic oxidation sites excluding steroid dienone is 1. The number of hydrogen-bond donors (Lipinski definition) is 3. The monoisotopic (exact) mass is 429 g/mol. The van der Waals surface area contributed by atoms with Gasteiger partial charge in [-0.3, -0.25) is 9.59 Å². The first-order valence-corrected chi connectivity index (χ1v) is 11.0. The zero-order valence-corrected chi connectivity index (χ0v) is 18.8. The van der Waals surface area contributed by atoms with Crippen molar-refractivity contribution in [1.29, 1.82) is 0 Å². The van der Waals surface area contributed by atoms with E-state index in [9.17, 15) is 14.4 Å². The number of ether oxygens (including phenoxy) is 1. The molecule has 3 amide bonds. The minimum atomic E-state index is -0.582. The summed E-state index contributed by atoms with van der Waals surface area (Å²) in [4.78, 5) is 36.0. The summed E-state index contributed by atoms with van der Waals surface area (Å²) >= 11 is 0. The standard InChI is InChI=1S/C24H35N3O4/c1-24(2,3)31-23(30)25-16-15-22(29)27-20-12-8-7-11-19(20)17-26-21(28)14-13-18-9-5-4-6-10-18/h7-8,11-14,18H,4-6,9-10,15-17H2,1-3H3,(H,25,30)(H,26,28)(H,27,29)/b14-13+. The van der Waals surface area contributed by atoms with Gasteiger partial charge in [-0.05, 0) is 57.2 Å². The summed E-state index contributed by atoms with van der Waals surface area (Å²) in [6.45, 7) is 5.83. The molecule has 1 fully saturated rings. The molecule has 1 aromatic carbocycles. The summed E-state index contributed by atoms with van der Waals surface area (Å²) < 4.78 is 5.14. The molecule has 1 aliphatic carbocycles. The summed E-state index contributed by atoms with van der Waals surface area (Å²) in [5, 5.41) is 8.29. The lowest BCUT2D eigenvalue weighted by Gasteiger charge is -2.19. The second kappa shape index (κ2) is 12.1. The average Bonchev–Trinajstić information content (AvgIpc) is 2.71. The molecule has 0 aromatic heterocycles. The molecule has 31 heavy (non-hydrogen) atoms. The van der Waals surface area contributed by atoms with E-state index in [0.29, 0.717) is 18.2 Å². The van der Waals surface area contributed by atoms with Crippen molar-refractivity contribution in [2.75, 3.05) is 11.9 Å². The van der Waals surface area contributed by atoms with Crippen molar-refractivity contribution in [3.8, 4) is 0 Å². The second-order valence-electron chi connectivity index (χ2n) is 8.86. The van der Waals surface area contributed by atoms with Crippen LogP contribution in [0.4, 0.5) is 10.5 Å². The summed E-state index contributed by atoms with van der Waals surface area (Å²) in [6, 6.07) is 7.33. The Hall–Kier alpha value is -2.83. The summed E-state index contributed by atoms with van der Waals surface area (Å²) in [7, 11) is 0. The van der Waals surface area contributed by atoms with E-state index in [1.165, 1.54) is 19.3 Å². The van der Waals surface area contributed by atoms with Crippen LogP contribution in [0.15, 0.2) is 36.4 Å². The minimum absolute atomic E-state index is 0.115. The van der Waals surface area contributed by atoms with Crippen molar-refractivity contribution in [1.82, 2.24) is 10.6 Å². The van der Waals surface area contributed by atoms with E-state index in [2.05, 4.69) is 16.0 Å². The molecular weight excluding hydrogens is 394 g/mol. The lowest BCUT2D eigenvalue weighted by atomic mass is 9.89. The SMILES string of the molecule is CC(C)(C)OC(=O)NCCC(=O)Nc1ccccc1CNC(=O)/C=C/C1CCCCC1. The Bertz CT molecular complexity index is 777. The van der Waals surface area contributed by atoms with Crippen LogP contribution in [-0.2, 0) is 20.9 Å². The Balaban J connectivity index is 1.77. The average molecular weight is 430 g/mol. The van der Waals surface area contributed by atoms with Gasteiger partial charge in [0.05, 0.1) is 0 Å². The molecule has 170 valence electrons. The normalized spacial score (nSPS) is 14.8. The molecule has 0 bridgehead atoms. The van der Waals surface area contributed by atoms with Crippen molar-refractivity contribution < 1.29 is 19.1 Å². The van der Waals surface area contributed by atoms with Crippen molar-refractivity contribution >= 4 is 23.6 Å². The fourth-order valence-electron chi connectivity index (χ4n) is 3.39. The van der Waals surface area contributed by atoms with Crippen LogP contribution >= 0.6 is 0 Å². The van der Waals surface area contributed by atoms with Gasteiger partial charge in [0.1, 0.15) is 5.60 Å².